The summed E-state index contributed by atoms with van der Waals surface area (Å²) < 4.78 is 31.2. The summed E-state index contributed by atoms with van der Waals surface area (Å²) in [4.78, 5) is 18.2. The van der Waals surface area contributed by atoms with Crippen LogP contribution in [-0.2, 0) is 6.42 Å². The SMILES string of the molecule is COc1ccc(OC(=O)N2CCc3c([nH]c4ccc(Cl)cc34)C2c2ccc(OC)cc2F)cc1. The molecule has 0 aliphatic carbocycles. The van der Waals surface area contributed by atoms with E-state index in [0.717, 1.165) is 22.2 Å². The predicted octanol–water partition coefficient (Wildman–Crippen LogP) is 6.12. The average molecular weight is 481 g/mol. The second kappa shape index (κ2) is 8.91. The molecular weight excluding hydrogens is 459 g/mol. The first-order chi connectivity index (χ1) is 16.5. The highest BCUT2D eigenvalue weighted by Crippen LogP contribution is 2.40. The number of aromatic amines is 1. The normalized spacial score (nSPS) is 15.2. The molecule has 1 aliphatic heterocycles. The zero-order valence-electron chi connectivity index (χ0n) is 18.6. The molecule has 0 bridgehead atoms. The average Bonchev–Trinajstić information content (AvgIpc) is 3.22. The highest BCUT2D eigenvalue weighted by molar-refractivity contribution is 6.31. The molecule has 1 aliphatic rings. The lowest BCUT2D eigenvalue weighted by Crippen LogP contribution is -2.42. The van der Waals surface area contributed by atoms with Gasteiger partial charge in [0, 0.05) is 39.8 Å². The molecule has 8 heteroatoms. The Kier molecular flexibility index (Phi) is 5.79. The van der Waals surface area contributed by atoms with E-state index in [1.54, 1.807) is 49.6 Å². The van der Waals surface area contributed by atoms with Crippen molar-refractivity contribution >= 4 is 28.6 Å². The van der Waals surface area contributed by atoms with Crippen molar-refractivity contribution in [2.24, 2.45) is 0 Å². The van der Waals surface area contributed by atoms with E-state index in [2.05, 4.69) is 4.98 Å². The Hall–Kier alpha value is -3.71. The van der Waals surface area contributed by atoms with Crippen LogP contribution in [-0.4, -0.2) is 36.7 Å². The monoisotopic (exact) mass is 480 g/mol. The molecule has 1 amide bonds. The molecule has 0 spiro atoms. The van der Waals surface area contributed by atoms with Gasteiger partial charge in [-0.25, -0.2) is 9.18 Å². The number of carbonyl (C=O) groups excluding carboxylic acids is 1. The van der Waals surface area contributed by atoms with Gasteiger partial charge in [0.15, 0.2) is 0 Å². The maximum Gasteiger partial charge on any atom is 0.416 e. The Balaban J connectivity index is 1.58. The molecule has 1 aromatic heterocycles. The lowest BCUT2D eigenvalue weighted by atomic mass is 9.92. The topological polar surface area (TPSA) is 63.8 Å². The van der Waals surface area contributed by atoms with Gasteiger partial charge in [0.05, 0.1) is 14.2 Å². The van der Waals surface area contributed by atoms with Crippen LogP contribution in [0.15, 0.2) is 60.7 Å². The molecule has 1 atom stereocenters. The van der Waals surface area contributed by atoms with Gasteiger partial charge in [-0.2, -0.15) is 0 Å². The minimum absolute atomic E-state index is 0.339. The number of methoxy groups -OCH3 is 2. The standard InChI is InChI=1S/C26H22ClFN2O4/c1-32-16-4-6-17(7-5-16)34-26(31)30-12-11-19-21-13-15(27)3-10-23(21)29-24(19)25(30)20-9-8-18(33-2)14-22(20)28/h3-10,13-14,25,29H,11-12H2,1-2H3. The quantitative estimate of drug-likeness (QED) is 0.382. The molecule has 5 rings (SSSR count). The Morgan fingerprint density at radius 2 is 1.71 bits per heavy atom. The summed E-state index contributed by atoms with van der Waals surface area (Å²) in [6.07, 6.45) is -0.00509. The molecule has 0 fully saturated rings. The highest BCUT2D eigenvalue weighted by atomic mass is 35.5. The Labute approximate surface area is 200 Å². The second-order valence-electron chi connectivity index (χ2n) is 7.98. The van der Waals surface area contributed by atoms with Crippen LogP contribution in [0.3, 0.4) is 0 Å². The number of nitrogens with one attached hydrogen (secondary N) is 1. The third kappa shape index (κ3) is 3.92. The van der Waals surface area contributed by atoms with Gasteiger partial charge < -0.3 is 19.2 Å². The Bertz CT molecular complexity index is 1370. The highest BCUT2D eigenvalue weighted by Gasteiger charge is 2.37. The molecule has 6 nitrogen and oxygen atoms in total. The number of hydrogen-bond donors (Lipinski definition) is 1. The van der Waals surface area contributed by atoms with Crippen molar-refractivity contribution in [3.63, 3.8) is 0 Å². The molecular formula is C26H22ClFN2O4. The Morgan fingerprint density at radius 1 is 1.00 bits per heavy atom. The fraction of sp³-hybridized carbons (Fsp3) is 0.192. The van der Waals surface area contributed by atoms with Crippen LogP contribution in [0.25, 0.3) is 10.9 Å². The van der Waals surface area contributed by atoms with Crippen molar-refractivity contribution < 1.29 is 23.4 Å². The number of carbonyl (C=O) groups is 1. The number of fused-ring (bicyclic) bond motifs is 3. The number of halogens is 2. The van der Waals surface area contributed by atoms with Crippen LogP contribution in [0.4, 0.5) is 9.18 Å². The molecule has 4 aromatic rings. The first-order valence-corrected chi connectivity index (χ1v) is 11.1. The number of aromatic nitrogens is 1. The number of rotatable bonds is 4. The second-order valence-corrected chi connectivity index (χ2v) is 8.42. The van der Waals surface area contributed by atoms with Crippen molar-refractivity contribution in [2.45, 2.75) is 12.5 Å². The lowest BCUT2D eigenvalue weighted by molar-refractivity contribution is 0.134. The maximum atomic E-state index is 15.3. The van der Waals surface area contributed by atoms with Crippen molar-refractivity contribution in [1.82, 2.24) is 9.88 Å². The molecule has 174 valence electrons. The largest absolute Gasteiger partial charge is 0.497 e. The summed E-state index contributed by atoms with van der Waals surface area (Å²) in [5, 5.41) is 1.58. The molecule has 0 saturated carbocycles. The van der Waals surface area contributed by atoms with Crippen LogP contribution in [0.1, 0.15) is 22.9 Å². The van der Waals surface area contributed by atoms with Crippen molar-refractivity contribution in [1.29, 1.82) is 0 Å². The van der Waals surface area contributed by atoms with Gasteiger partial charge >= 0.3 is 6.09 Å². The van der Waals surface area contributed by atoms with Gasteiger partial charge in [0.2, 0.25) is 0 Å². The molecule has 34 heavy (non-hydrogen) atoms. The fourth-order valence-electron chi connectivity index (χ4n) is 4.44. The smallest absolute Gasteiger partial charge is 0.416 e. The summed E-state index contributed by atoms with van der Waals surface area (Å²) in [6.45, 7) is 0.345. The molecule has 1 unspecified atom stereocenters. The van der Waals surface area contributed by atoms with Crippen LogP contribution in [0, 0.1) is 5.82 Å². The molecule has 0 saturated heterocycles. The molecule has 3 aromatic carbocycles. The minimum atomic E-state index is -0.716. The van der Waals surface area contributed by atoms with E-state index < -0.39 is 18.0 Å². The summed E-state index contributed by atoms with van der Waals surface area (Å²) in [5.74, 6) is 0.940. The van der Waals surface area contributed by atoms with Gasteiger partial charge in [-0.05, 0) is 66.6 Å². The Morgan fingerprint density at radius 3 is 2.41 bits per heavy atom. The number of amides is 1. The fourth-order valence-corrected chi connectivity index (χ4v) is 4.61. The van der Waals surface area contributed by atoms with E-state index in [1.807, 2.05) is 12.1 Å². The molecule has 2 heterocycles. The van der Waals surface area contributed by atoms with Crippen molar-refractivity contribution in [2.75, 3.05) is 20.8 Å². The maximum absolute atomic E-state index is 15.3. The van der Waals surface area contributed by atoms with Gasteiger partial charge in [-0.1, -0.05) is 11.6 Å². The van der Waals surface area contributed by atoms with E-state index in [-0.39, 0.29) is 0 Å². The summed E-state index contributed by atoms with van der Waals surface area (Å²) in [6, 6.07) is 16.2. The van der Waals surface area contributed by atoms with Crippen molar-refractivity contribution in [3.8, 4) is 17.2 Å². The van der Waals surface area contributed by atoms with Crippen LogP contribution in [0.5, 0.6) is 17.2 Å². The number of H-pyrrole nitrogens is 1. The zero-order valence-corrected chi connectivity index (χ0v) is 19.4. The van der Waals surface area contributed by atoms with E-state index in [4.69, 9.17) is 25.8 Å². The van der Waals surface area contributed by atoms with Gasteiger partial charge in [0.25, 0.3) is 0 Å². The van der Waals surface area contributed by atoms with Crippen molar-refractivity contribution in [3.05, 3.63) is 88.3 Å². The molecule has 1 N–H and O–H groups in total. The molecule has 0 radical (unpaired) electrons. The van der Waals surface area contributed by atoms with Crippen LogP contribution < -0.4 is 14.2 Å². The van der Waals surface area contributed by atoms with Gasteiger partial charge in [-0.15, -0.1) is 0 Å². The third-order valence-corrected chi connectivity index (χ3v) is 6.33. The van der Waals surface area contributed by atoms with E-state index in [9.17, 15) is 4.79 Å². The third-order valence-electron chi connectivity index (χ3n) is 6.09. The first-order valence-electron chi connectivity index (χ1n) is 10.7. The predicted molar refractivity (Wildman–Crippen MR) is 128 cm³/mol. The summed E-state index contributed by atoms with van der Waals surface area (Å²) in [5.41, 5.74) is 2.95. The number of nitrogens with zero attached hydrogens (tertiary/aromatic N) is 1. The van der Waals surface area contributed by atoms with Crippen LogP contribution >= 0.6 is 11.6 Å². The van der Waals surface area contributed by atoms with Gasteiger partial charge in [0.1, 0.15) is 29.1 Å². The first kappa shape index (κ1) is 22.1. The summed E-state index contributed by atoms with van der Waals surface area (Å²) >= 11 is 6.24. The lowest BCUT2D eigenvalue weighted by Gasteiger charge is -2.35. The van der Waals surface area contributed by atoms with E-state index >= 15 is 4.39 Å². The van der Waals surface area contributed by atoms with E-state index in [0.29, 0.717) is 40.8 Å². The van der Waals surface area contributed by atoms with E-state index in [1.165, 1.54) is 18.1 Å². The van der Waals surface area contributed by atoms with Crippen LogP contribution in [0.2, 0.25) is 5.02 Å². The zero-order chi connectivity index (χ0) is 23.8. The summed E-state index contributed by atoms with van der Waals surface area (Å²) in [7, 11) is 3.04. The minimum Gasteiger partial charge on any atom is -0.497 e. The van der Waals surface area contributed by atoms with Gasteiger partial charge in [-0.3, -0.25) is 4.90 Å². The number of hydrogen-bond acceptors (Lipinski definition) is 4. The number of ether oxygens (including phenoxy) is 3. The number of benzene rings is 3.